The molecule has 5 nitrogen and oxygen atoms in total. The van der Waals surface area contributed by atoms with Crippen molar-refractivity contribution >= 4 is 17.7 Å². The molecule has 0 radical (unpaired) electrons. The number of piperidine rings is 1. The summed E-state index contributed by atoms with van der Waals surface area (Å²) in [4.78, 5) is 14.6. The maximum atomic E-state index is 14.0. The highest BCUT2D eigenvalue weighted by Gasteiger charge is 2.26. The highest BCUT2D eigenvalue weighted by atomic mass is 32.2. The van der Waals surface area contributed by atoms with Crippen molar-refractivity contribution in [1.29, 1.82) is 0 Å². The Morgan fingerprint density at radius 3 is 2.64 bits per heavy atom. The van der Waals surface area contributed by atoms with Gasteiger partial charge < -0.3 is 9.47 Å². The Kier molecular flexibility index (Phi) is 5.42. The molecular weight excluding hydrogens is 339 g/mol. The normalized spacial score (nSPS) is 16.9. The number of aromatic nitrogens is 3. The SMILES string of the molecule is CC1CCN(C(=O)C(C)Sc2nnc(-c3ccccc3F)n2C)CC1. The molecule has 0 N–H and O–H groups in total. The zero-order valence-electron chi connectivity index (χ0n) is 14.8. The second-order valence-electron chi connectivity index (χ2n) is 6.61. The lowest BCUT2D eigenvalue weighted by molar-refractivity contribution is -0.131. The van der Waals surface area contributed by atoms with Crippen LogP contribution in [0.15, 0.2) is 29.4 Å². The number of likely N-dealkylation sites (tertiary alicyclic amines) is 1. The van der Waals surface area contributed by atoms with E-state index < -0.39 is 0 Å². The molecule has 7 heteroatoms. The van der Waals surface area contributed by atoms with Crippen molar-refractivity contribution < 1.29 is 9.18 Å². The number of halogens is 1. The number of thioether (sulfide) groups is 1. The number of hydrogen-bond acceptors (Lipinski definition) is 4. The molecule has 25 heavy (non-hydrogen) atoms. The van der Waals surface area contributed by atoms with Crippen LogP contribution < -0.4 is 0 Å². The van der Waals surface area contributed by atoms with Gasteiger partial charge >= 0.3 is 0 Å². The van der Waals surface area contributed by atoms with Crippen molar-refractivity contribution in [3.8, 4) is 11.4 Å². The zero-order valence-corrected chi connectivity index (χ0v) is 15.6. The fourth-order valence-corrected chi connectivity index (χ4v) is 3.89. The van der Waals surface area contributed by atoms with E-state index in [1.54, 1.807) is 29.8 Å². The number of nitrogens with zero attached hydrogens (tertiary/aromatic N) is 4. The van der Waals surface area contributed by atoms with Gasteiger partial charge in [-0.2, -0.15) is 0 Å². The summed E-state index contributed by atoms with van der Waals surface area (Å²) < 4.78 is 15.7. The quantitative estimate of drug-likeness (QED) is 0.783. The average Bonchev–Trinajstić information content (AvgIpc) is 2.96. The van der Waals surface area contributed by atoms with Gasteiger partial charge in [0.2, 0.25) is 5.91 Å². The second kappa shape index (κ2) is 7.56. The van der Waals surface area contributed by atoms with E-state index in [1.807, 2.05) is 11.8 Å². The topological polar surface area (TPSA) is 51.0 Å². The predicted molar refractivity (Wildman–Crippen MR) is 96.7 cm³/mol. The largest absolute Gasteiger partial charge is 0.342 e. The van der Waals surface area contributed by atoms with Crippen LogP contribution in [0, 0.1) is 11.7 Å². The Morgan fingerprint density at radius 2 is 1.96 bits per heavy atom. The molecule has 1 unspecified atom stereocenters. The molecule has 3 rings (SSSR count). The van der Waals surface area contributed by atoms with E-state index in [4.69, 9.17) is 0 Å². The summed E-state index contributed by atoms with van der Waals surface area (Å²) in [7, 11) is 1.80. The van der Waals surface area contributed by atoms with Crippen molar-refractivity contribution in [2.75, 3.05) is 13.1 Å². The number of rotatable bonds is 4. The monoisotopic (exact) mass is 362 g/mol. The second-order valence-corrected chi connectivity index (χ2v) is 7.92. The Balaban J connectivity index is 1.71. The molecule has 1 fully saturated rings. The van der Waals surface area contributed by atoms with E-state index in [0.29, 0.717) is 22.5 Å². The van der Waals surface area contributed by atoms with E-state index in [2.05, 4.69) is 17.1 Å². The highest BCUT2D eigenvalue weighted by molar-refractivity contribution is 8.00. The molecule has 134 valence electrons. The molecule has 1 aromatic carbocycles. The average molecular weight is 362 g/mol. The van der Waals surface area contributed by atoms with Crippen LogP contribution in [0.3, 0.4) is 0 Å². The van der Waals surface area contributed by atoms with Crippen molar-refractivity contribution in [2.45, 2.75) is 37.1 Å². The van der Waals surface area contributed by atoms with Crippen molar-refractivity contribution in [3.05, 3.63) is 30.1 Å². The third-order valence-corrected chi connectivity index (χ3v) is 5.80. The lowest BCUT2D eigenvalue weighted by atomic mass is 9.99. The van der Waals surface area contributed by atoms with Crippen LogP contribution in [0.2, 0.25) is 0 Å². The van der Waals surface area contributed by atoms with E-state index in [-0.39, 0.29) is 17.0 Å². The molecule has 1 aromatic heterocycles. The molecule has 1 amide bonds. The van der Waals surface area contributed by atoms with Crippen LogP contribution in [0.5, 0.6) is 0 Å². The molecule has 0 bridgehead atoms. The number of benzene rings is 1. The molecule has 0 saturated carbocycles. The third kappa shape index (κ3) is 3.86. The Labute approximate surface area is 151 Å². The molecule has 1 atom stereocenters. The van der Waals surface area contributed by atoms with Crippen molar-refractivity contribution in [3.63, 3.8) is 0 Å². The molecule has 0 spiro atoms. The molecule has 1 aliphatic heterocycles. The van der Waals surface area contributed by atoms with E-state index in [0.717, 1.165) is 25.9 Å². The number of carbonyl (C=O) groups excluding carboxylic acids is 1. The first-order valence-corrected chi connectivity index (χ1v) is 9.45. The summed E-state index contributed by atoms with van der Waals surface area (Å²) >= 11 is 1.37. The van der Waals surface area contributed by atoms with Crippen LogP contribution in [0.1, 0.15) is 26.7 Å². The number of hydrogen-bond donors (Lipinski definition) is 0. The molecule has 2 heterocycles. The first-order chi connectivity index (χ1) is 12.0. The van der Waals surface area contributed by atoms with Gasteiger partial charge in [0.15, 0.2) is 11.0 Å². The van der Waals surface area contributed by atoms with Gasteiger partial charge in [0, 0.05) is 20.1 Å². The van der Waals surface area contributed by atoms with E-state index in [1.165, 1.54) is 17.8 Å². The molecule has 1 aliphatic rings. The molecule has 2 aromatic rings. The van der Waals surface area contributed by atoms with Crippen LogP contribution in [0.4, 0.5) is 4.39 Å². The van der Waals surface area contributed by atoms with Crippen molar-refractivity contribution in [2.24, 2.45) is 13.0 Å². The van der Waals surface area contributed by atoms with Gasteiger partial charge in [0.05, 0.1) is 10.8 Å². The first kappa shape index (κ1) is 17.9. The van der Waals surface area contributed by atoms with Gasteiger partial charge in [-0.25, -0.2) is 4.39 Å². The van der Waals surface area contributed by atoms with Gasteiger partial charge in [0.1, 0.15) is 5.82 Å². The highest BCUT2D eigenvalue weighted by Crippen LogP contribution is 2.28. The maximum absolute atomic E-state index is 14.0. The lowest BCUT2D eigenvalue weighted by Gasteiger charge is -2.31. The summed E-state index contributed by atoms with van der Waals surface area (Å²) in [5, 5.41) is 8.63. The van der Waals surface area contributed by atoms with Crippen LogP contribution >= 0.6 is 11.8 Å². The maximum Gasteiger partial charge on any atom is 0.235 e. The summed E-state index contributed by atoms with van der Waals surface area (Å²) in [6.45, 7) is 5.76. The fourth-order valence-electron chi connectivity index (χ4n) is 2.99. The molecular formula is C18H23FN4OS. The van der Waals surface area contributed by atoms with E-state index >= 15 is 0 Å². The Morgan fingerprint density at radius 1 is 1.28 bits per heavy atom. The minimum atomic E-state index is -0.332. The lowest BCUT2D eigenvalue weighted by Crippen LogP contribution is -2.41. The van der Waals surface area contributed by atoms with Crippen molar-refractivity contribution in [1.82, 2.24) is 19.7 Å². The zero-order chi connectivity index (χ0) is 18.0. The summed E-state index contributed by atoms with van der Waals surface area (Å²) in [5.74, 6) is 0.953. The van der Waals surface area contributed by atoms with Crippen LogP contribution in [-0.2, 0) is 11.8 Å². The predicted octanol–water partition coefficient (Wildman–Crippen LogP) is 3.36. The summed E-state index contributed by atoms with van der Waals surface area (Å²) in [6, 6.07) is 6.49. The summed E-state index contributed by atoms with van der Waals surface area (Å²) in [5.41, 5.74) is 0.411. The Hall–Kier alpha value is -1.89. The third-order valence-electron chi connectivity index (χ3n) is 4.67. The molecule has 1 saturated heterocycles. The standard InChI is InChI=1S/C18H23FN4OS/c1-12-8-10-23(11-9-12)17(24)13(2)25-18-21-20-16(22(18)3)14-6-4-5-7-15(14)19/h4-7,12-13H,8-11H2,1-3H3. The van der Waals surface area contributed by atoms with Gasteiger partial charge in [-0.05, 0) is 37.8 Å². The first-order valence-electron chi connectivity index (χ1n) is 8.57. The number of carbonyl (C=O) groups is 1. The minimum absolute atomic E-state index is 0.132. The van der Waals surface area contributed by atoms with Gasteiger partial charge in [-0.1, -0.05) is 30.8 Å². The smallest absolute Gasteiger partial charge is 0.235 e. The minimum Gasteiger partial charge on any atom is -0.342 e. The summed E-state index contributed by atoms with van der Waals surface area (Å²) in [6.07, 6.45) is 2.12. The van der Waals surface area contributed by atoms with Crippen LogP contribution in [0.25, 0.3) is 11.4 Å². The molecule has 0 aliphatic carbocycles. The fraction of sp³-hybridized carbons (Fsp3) is 0.500. The van der Waals surface area contributed by atoms with Gasteiger partial charge in [-0.15, -0.1) is 10.2 Å². The van der Waals surface area contributed by atoms with Crippen LogP contribution in [-0.4, -0.2) is 43.9 Å². The van der Waals surface area contributed by atoms with Gasteiger partial charge in [-0.3, -0.25) is 4.79 Å². The Bertz CT molecular complexity index is 755. The van der Waals surface area contributed by atoms with E-state index in [9.17, 15) is 9.18 Å². The number of amides is 1. The van der Waals surface area contributed by atoms with Gasteiger partial charge in [0.25, 0.3) is 0 Å².